The number of halogens is 2. The van der Waals surface area contributed by atoms with Crippen LogP contribution >= 0.6 is 23.2 Å². The molecule has 4 aromatic rings. The second-order valence-electron chi connectivity index (χ2n) is 7.50. The number of hydrogen-bond donors (Lipinski definition) is 3. The van der Waals surface area contributed by atoms with E-state index in [-0.39, 0.29) is 30.4 Å². The third-order valence-corrected chi connectivity index (χ3v) is 7.43. The van der Waals surface area contributed by atoms with Crippen molar-refractivity contribution in [2.45, 2.75) is 24.9 Å². The molecular formula is C23H22Cl2N4O3S. The third-order valence-electron chi connectivity index (χ3n) is 5.41. The Hall–Kier alpha value is -2.62. The molecule has 0 bridgehead atoms. The minimum absolute atomic E-state index is 0.0490. The minimum atomic E-state index is -3.66. The number of hydrogen-bond acceptors (Lipinski definition) is 5. The van der Waals surface area contributed by atoms with Gasteiger partial charge in [0.15, 0.2) is 0 Å². The summed E-state index contributed by atoms with van der Waals surface area (Å²) in [7, 11) is -3.66. The fraction of sp³-hybridized carbons (Fsp3) is 0.174. The van der Waals surface area contributed by atoms with Gasteiger partial charge in [-0.25, -0.2) is 13.1 Å². The summed E-state index contributed by atoms with van der Waals surface area (Å²) in [6.07, 6.45) is 1.68. The summed E-state index contributed by atoms with van der Waals surface area (Å²) in [5.41, 5.74) is 9.40. The number of aryl methyl sites for hydroxylation is 1. The average molecular weight is 505 g/mol. The smallest absolute Gasteiger partial charge is 0.240 e. The molecule has 0 aliphatic rings. The van der Waals surface area contributed by atoms with Crippen LogP contribution in [0.2, 0.25) is 10.0 Å². The zero-order valence-corrected chi connectivity index (χ0v) is 20.0. The van der Waals surface area contributed by atoms with Gasteiger partial charge in [-0.05, 0) is 36.8 Å². The van der Waals surface area contributed by atoms with Gasteiger partial charge in [0, 0.05) is 52.7 Å². The Labute approximate surface area is 201 Å². The van der Waals surface area contributed by atoms with E-state index >= 15 is 0 Å². The molecule has 33 heavy (non-hydrogen) atoms. The summed E-state index contributed by atoms with van der Waals surface area (Å²) in [6.45, 7) is 2.31. The Kier molecular flexibility index (Phi) is 6.65. The van der Waals surface area contributed by atoms with Gasteiger partial charge in [0.05, 0.1) is 15.8 Å². The molecular weight excluding hydrogens is 483 g/mol. The van der Waals surface area contributed by atoms with Crippen LogP contribution in [0.25, 0.3) is 22.0 Å². The second-order valence-corrected chi connectivity index (χ2v) is 10.1. The van der Waals surface area contributed by atoms with Crippen LogP contribution in [0.1, 0.15) is 11.3 Å². The van der Waals surface area contributed by atoms with Gasteiger partial charge >= 0.3 is 0 Å². The molecule has 0 saturated heterocycles. The van der Waals surface area contributed by atoms with E-state index in [2.05, 4.69) is 9.71 Å². The summed E-state index contributed by atoms with van der Waals surface area (Å²) < 4.78 is 29.1. The summed E-state index contributed by atoms with van der Waals surface area (Å²) in [4.78, 5) is 4.77. The number of pyridine rings is 1. The molecule has 2 aromatic carbocycles. The highest BCUT2D eigenvalue weighted by Crippen LogP contribution is 2.42. The maximum absolute atomic E-state index is 12.5. The van der Waals surface area contributed by atoms with Gasteiger partial charge < -0.3 is 15.4 Å². The van der Waals surface area contributed by atoms with Gasteiger partial charge in [0.1, 0.15) is 0 Å². The third kappa shape index (κ3) is 4.58. The highest BCUT2D eigenvalue weighted by molar-refractivity contribution is 7.89. The SMILES string of the molecule is Cc1nc2cn(CCNS(=O)(=O)c3ccccc3)c(O)c2c(-c2ccc(Cl)cc2Cl)c1CN. The van der Waals surface area contributed by atoms with Gasteiger partial charge in [-0.3, -0.25) is 4.98 Å². The number of fused-ring (bicyclic) bond motifs is 1. The average Bonchev–Trinajstić information content (AvgIpc) is 3.08. The standard InChI is InChI=1S/C23H22Cl2N4O3S/c1-14-18(12-26)21(17-8-7-15(24)11-19(17)25)22-20(28-14)13-29(23(22)30)10-9-27-33(31,32)16-5-3-2-4-6-16/h2-8,11,13,27,30H,9-10,12,26H2,1H3. The summed E-state index contributed by atoms with van der Waals surface area (Å²) in [6, 6.07) is 13.2. The van der Waals surface area contributed by atoms with Gasteiger partial charge in [-0.1, -0.05) is 47.5 Å². The second kappa shape index (κ2) is 9.32. The summed E-state index contributed by atoms with van der Waals surface area (Å²) >= 11 is 12.6. The van der Waals surface area contributed by atoms with Crippen LogP contribution in [0, 0.1) is 6.92 Å². The van der Waals surface area contributed by atoms with E-state index in [1.54, 1.807) is 47.2 Å². The molecule has 0 radical (unpaired) electrons. The van der Waals surface area contributed by atoms with Crippen LogP contribution in [-0.2, 0) is 23.1 Å². The Morgan fingerprint density at radius 3 is 2.55 bits per heavy atom. The molecule has 2 aromatic heterocycles. The molecule has 0 spiro atoms. The van der Waals surface area contributed by atoms with Crippen LogP contribution in [0.5, 0.6) is 5.88 Å². The molecule has 172 valence electrons. The quantitative estimate of drug-likeness (QED) is 0.344. The van der Waals surface area contributed by atoms with Crippen molar-refractivity contribution < 1.29 is 13.5 Å². The van der Waals surface area contributed by atoms with Crippen molar-refractivity contribution >= 4 is 44.1 Å². The fourth-order valence-electron chi connectivity index (χ4n) is 3.83. The van der Waals surface area contributed by atoms with Crippen molar-refractivity contribution in [3.63, 3.8) is 0 Å². The normalized spacial score (nSPS) is 11.9. The monoisotopic (exact) mass is 504 g/mol. The molecule has 4 rings (SSSR count). The molecule has 0 amide bonds. The van der Waals surface area contributed by atoms with Crippen molar-refractivity contribution in [3.05, 3.63) is 76.0 Å². The number of nitrogens with two attached hydrogens (primary N) is 1. The van der Waals surface area contributed by atoms with Crippen LogP contribution in [-0.4, -0.2) is 29.6 Å². The number of aromatic hydroxyl groups is 1. The lowest BCUT2D eigenvalue weighted by molar-refractivity contribution is 0.422. The van der Waals surface area contributed by atoms with Crippen molar-refractivity contribution in [2.75, 3.05) is 6.54 Å². The molecule has 0 saturated carbocycles. The molecule has 0 aliphatic carbocycles. The first-order chi connectivity index (χ1) is 15.7. The number of nitrogens with zero attached hydrogens (tertiary/aromatic N) is 2. The molecule has 7 nitrogen and oxygen atoms in total. The number of aromatic nitrogens is 2. The highest BCUT2D eigenvalue weighted by Gasteiger charge is 2.22. The summed E-state index contributed by atoms with van der Waals surface area (Å²) in [5, 5.41) is 12.5. The van der Waals surface area contributed by atoms with Crippen molar-refractivity contribution in [3.8, 4) is 17.0 Å². The lowest BCUT2D eigenvalue weighted by Crippen LogP contribution is -2.27. The predicted octanol–water partition coefficient (Wildman–Crippen LogP) is 4.46. The lowest BCUT2D eigenvalue weighted by Gasteiger charge is -2.14. The first kappa shape index (κ1) is 23.5. The molecule has 10 heteroatoms. The zero-order valence-electron chi connectivity index (χ0n) is 17.7. The number of sulfonamides is 1. The lowest BCUT2D eigenvalue weighted by atomic mass is 9.95. The fourth-order valence-corrected chi connectivity index (χ4v) is 5.37. The molecule has 0 atom stereocenters. The van der Waals surface area contributed by atoms with E-state index in [1.807, 2.05) is 6.92 Å². The van der Waals surface area contributed by atoms with Crippen molar-refractivity contribution in [1.29, 1.82) is 0 Å². The maximum atomic E-state index is 12.5. The first-order valence-electron chi connectivity index (χ1n) is 10.1. The van der Waals surface area contributed by atoms with Gasteiger partial charge in [0.2, 0.25) is 15.9 Å². The van der Waals surface area contributed by atoms with Gasteiger partial charge in [-0.15, -0.1) is 0 Å². The summed E-state index contributed by atoms with van der Waals surface area (Å²) in [5.74, 6) is -0.0490. The molecule has 4 N–H and O–H groups in total. The molecule has 0 unspecified atom stereocenters. The predicted molar refractivity (Wildman–Crippen MR) is 131 cm³/mol. The number of nitrogens with one attached hydrogen (secondary N) is 1. The highest BCUT2D eigenvalue weighted by atomic mass is 35.5. The van der Waals surface area contributed by atoms with Gasteiger partial charge in [-0.2, -0.15) is 0 Å². The number of rotatable bonds is 7. The van der Waals surface area contributed by atoms with Crippen LogP contribution in [0.4, 0.5) is 0 Å². The molecule has 0 aliphatic heterocycles. The van der Waals surface area contributed by atoms with E-state index in [0.717, 1.165) is 5.56 Å². The molecule has 0 fully saturated rings. The van der Waals surface area contributed by atoms with E-state index in [1.165, 1.54) is 12.1 Å². The van der Waals surface area contributed by atoms with Crippen LogP contribution in [0.15, 0.2) is 59.6 Å². The Morgan fingerprint density at radius 1 is 1.15 bits per heavy atom. The first-order valence-corrected chi connectivity index (χ1v) is 12.4. The van der Waals surface area contributed by atoms with Crippen molar-refractivity contribution in [1.82, 2.24) is 14.3 Å². The van der Waals surface area contributed by atoms with E-state index < -0.39 is 10.0 Å². The number of benzene rings is 2. The maximum Gasteiger partial charge on any atom is 0.240 e. The topological polar surface area (TPSA) is 110 Å². The van der Waals surface area contributed by atoms with E-state index in [9.17, 15) is 13.5 Å². The Balaban J connectivity index is 1.73. The van der Waals surface area contributed by atoms with Crippen molar-refractivity contribution in [2.24, 2.45) is 5.73 Å². The zero-order chi connectivity index (χ0) is 23.8. The van der Waals surface area contributed by atoms with Crippen LogP contribution < -0.4 is 10.5 Å². The minimum Gasteiger partial charge on any atom is -0.494 e. The van der Waals surface area contributed by atoms with E-state index in [4.69, 9.17) is 28.9 Å². The Morgan fingerprint density at radius 2 is 1.88 bits per heavy atom. The van der Waals surface area contributed by atoms with Crippen LogP contribution in [0.3, 0.4) is 0 Å². The van der Waals surface area contributed by atoms with E-state index in [0.29, 0.717) is 37.8 Å². The van der Waals surface area contributed by atoms with Gasteiger partial charge in [0.25, 0.3) is 0 Å². The molecule has 2 heterocycles. The largest absolute Gasteiger partial charge is 0.494 e. The Bertz CT molecular complexity index is 1440.